The Hall–Kier alpha value is -2.27. The Morgan fingerprint density at radius 3 is 2.85 bits per heavy atom. The Bertz CT molecular complexity index is 573. The van der Waals surface area contributed by atoms with Crippen LogP contribution in [0, 0.1) is 0 Å². The van der Waals surface area contributed by atoms with Gasteiger partial charge in [-0.1, -0.05) is 30.3 Å². The lowest BCUT2D eigenvalue weighted by atomic mass is 10.0. The molecule has 0 radical (unpaired) electrons. The second kappa shape index (κ2) is 5.79. The van der Waals surface area contributed by atoms with Crippen molar-refractivity contribution in [1.29, 1.82) is 0 Å². The van der Waals surface area contributed by atoms with E-state index in [-0.39, 0.29) is 11.9 Å². The summed E-state index contributed by atoms with van der Waals surface area (Å²) < 4.78 is 0. The van der Waals surface area contributed by atoms with Gasteiger partial charge < -0.3 is 10.2 Å². The lowest BCUT2D eigenvalue weighted by Gasteiger charge is -2.33. The molecule has 0 aliphatic carbocycles. The largest absolute Gasteiger partial charge is 0.334 e. The predicted octanol–water partition coefficient (Wildman–Crippen LogP) is 1.26. The Labute approximate surface area is 117 Å². The molecule has 1 saturated heterocycles. The van der Waals surface area contributed by atoms with Gasteiger partial charge in [0.15, 0.2) is 0 Å². The summed E-state index contributed by atoms with van der Waals surface area (Å²) in [5.74, 6) is -0.0551. The van der Waals surface area contributed by atoms with Crippen molar-refractivity contribution >= 4 is 5.91 Å². The molecule has 20 heavy (non-hydrogen) atoms. The van der Waals surface area contributed by atoms with Gasteiger partial charge in [0.2, 0.25) is 0 Å². The van der Waals surface area contributed by atoms with Gasteiger partial charge in [-0.05, 0) is 5.56 Å². The number of piperazine rings is 1. The average Bonchev–Trinajstić information content (AvgIpc) is 2.56. The van der Waals surface area contributed by atoms with Crippen LogP contribution < -0.4 is 5.32 Å². The Kier molecular flexibility index (Phi) is 3.69. The highest BCUT2D eigenvalue weighted by molar-refractivity contribution is 5.92. The van der Waals surface area contributed by atoms with Crippen LogP contribution in [0.4, 0.5) is 0 Å². The van der Waals surface area contributed by atoms with Gasteiger partial charge in [0.1, 0.15) is 5.69 Å². The molecule has 2 aromatic rings. The third kappa shape index (κ3) is 2.67. The van der Waals surface area contributed by atoms with Crippen LogP contribution in [0.25, 0.3) is 0 Å². The maximum Gasteiger partial charge on any atom is 0.274 e. The van der Waals surface area contributed by atoms with Crippen molar-refractivity contribution < 1.29 is 4.79 Å². The lowest BCUT2D eigenvalue weighted by molar-refractivity contribution is 0.0696. The molecule has 3 rings (SSSR count). The number of nitrogens with zero attached hydrogens (tertiary/aromatic N) is 3. The zero-order valence-electron chi connectivity index (χ0n) is 11.1. The fourth-order valence-electron chi connectivity index (χ4n) is 2.41. The summed E-state index contributed by atoms with van der Waals surface area (Å²) in [7, 11) is 0. The molecule has 0 saturated carbocycles. The molecule has 5 nitrogen and oxygen atoms in total. The normalized spacial score (nSPS) is 18.8. The van der Waals surface area contributed by atoms with E-state index in [0.717, 1.165) is 6.54 Å². The molecule has 1 aromatic carbocycles. The fourth-order valence-corrected chi connectivity index (χ4v) is 2.41. The van der Waals surface area contributed by atoms with E-state index < -0.39 is 0 Å². The van der Waals surface area contributed by atoms with Crippen molar-refractivity contribution in [3.05, 3.63) is 60.2 Å². The molecule has 1 N–H and O–H groups in total. The van der Waals surface area contributed by atoms with Crippen molar-refractivity contribution in [2.75, 3.05) is 19.6 Å². The van der Waals surface area contributed by atoms with Crippen LogP contribution in [0.5, 0.6) is 0 Å². The lowest BCUT2D eigenvalue weighted by Crippen LogP contribution is -2.48. The Morgan fingerprint density at radius 1 is 1.25 bits per heavy atom. The van der Waals surface area contributed by atoms with Gasteiger partial charge in [0.25, 0.3) is 5.91 Å². The first-order chi connectivity index (χ1) is 9.84. The smallest absolute Gasteiger partial charge is 0.274 e. The van der Waals surface area contributed by atoms with Gasteiger partial charge in [0.05, 0.1) is 6.20 Å². The number of carbonyl (C=O) groups is 1. The summed E-state index contributed by atoms with van der Waals surface area (Å²) in [6, 6.07) is 10.4. The van der Waals surface area contributed by atoms with E-state index in [1.807, 2.05) is 23.1 Å². The minimum atomic E-state index is -0.0551. The van der Waals surface area contributed by atoms with Crippen molar-refractivity contribution in [2.45, 2.75) is 6.04 Å². The molecule has 1 fully saturated rings. The number of hydrogen-bond acceptors (Lipinski definition) is 4. The number of rotatable bonds is 2. The molecule has 1 unspecified atom stereocenters. The van der Waals surface area contributed by atoms with E-state index in [4.69, 9.17) is 0 Å². The molecular weight excluding hydrogens is 252 g/mol. The topological polar surface area (TPSA) is 58.1 Å². The van der Waals surface area contributed by atoms with Crippen LogP contribution in [-0.4, -0.2) is 40.4 Å². The third-order valence-corrected chi connectivity index (χ3v) is 3.45. The molecule has 102 valence electrons. The number of benzene rings is 1. The molecule has 1 aromatic heterocycles. The van der Waals surface area contributed by atoms with Gasteiger partial charge in [-0.3, -0.25) is 9.78 Å². The van der Waals surface area contributed by atoms with Crippen LogP contribution in [0.15, 0.2) is 48.9 Å². The molecule has 1 aliphatic rings. The van der Waals surface area contributed by atoms with Crippen LogP contribution in [0.3, 0.4) is 0 Å². The van der Waals surface area contributed by atoms with E-state index in [1.165, 1.54) is 11.8 Å². The van der Waals surface area contributed by atoms with E-state index in [9.17, 15) is 4.79 Å². The zero-order chi connectivity index (χ0) is 13.8. The van der Waals surface area contributed by atoms with Crippen LogP contribution in [0.1, 0.15) is 22.1 Å². The summed E-state index contributed by atoms with van der Waals surface area (Å²) in [6.07, 6.45) is 4.63. The van der Waals surface area contributed by atoms with Gasteiger partial charge in [-0.25, -0.2) is 4.98 Å². The Balaban J connectivity index is 1.74. The van der Waals surface area contributed by atoms with Crippen LogP contribution in [-0.2, 0) is 0 Å². The molecule has 2 heterocycles. The minimum absolute atomic E-state index is 0.0551. The number of amides is 1. The summed E-state index contributed by atoms with van der Waals surface area (Å²) in [6.45, 7) is 2.13. The molecule has 1 aliphatic heterocycles. The summed E-state index contributed by atoms with van der Waals surface area (Å²) in [5.41, 5.74) is 1.60. The van der Waals surface area contributed by atoms with Crippen molar-refractivity contribution in [3.63, 3.8) is 0 Å². The minimum Gasteiger partial charge on any atom is -0.334 e. The van der Waals surface area contributed by atoms with Gasteiger partial charge in [0, 0.05) is 38.1 Å². The highest BCUT2D eigenvalue weighted by Crippen LogP contribution is 2.17. The monoisotopic (exact) mass is 268 g/mol. The number of carbonyl (C=O) groups excluding carboxylic acids is 1. The molecule has 0 bridgehead atoms. The summed E-state index contributed by atoms with van der Waals surface area (Å²) in [5, 5.41) is 3.44. The maximum atomic E-state index is 12.4. The maximum absolute atomic E-state index is 12.4. The van der Waals surface area contributed by atoms with Crippen molar-refractivity contribution in [1.82, 2.24) is 20.2 Å². The van der Waals surface area contributed by atoms with E-state index >= 15 is 0 Å². The van der Waals surface area contributed by atoms with Crippen LogP contribution in [0.2, 0.25) is 0 Å². The molecule has 0 spiro atoms. The predicted molar refractivity (Wildman–Crippen MR) is 75.1 cm³/mol. The number of aromatic nitrogens is 2. The van der Waals surface area contributed by atoms with E-state index in [1.54, 1.807) is 12.4 Å². The van der Waals surface area contributed by atoms with Gasteiger partial charge in [-0.2, -0.15) is 0 Å². The highest BCUT2D eigenvalue weighted by Gasteiger charge is 2.25. The number of nitrogens with one attached hydrogen (secondary N) is 1. The summed E-state index contributed by atoms with van der Waals surface area (Å²) >= 11 is 0. The highest BCUT2D eigenvalue weighted by atomic mass is 16.2. The molecule has 5 heteroatoms. The van der Waals surface area contributed by atoms with Gasteiger partial charge >= 0.3 is 0 Å². The van der Waals surface area contributed by atoms with E-state index in [2.05, 4.69) is 27.4 Å². The zero-order valence-corrected chi connectivity index (χ0v) is 11.1. The van der Waals surface area contributed by atoms with Crippen molar-refractivity contribution in [3.8, 4) is 0 Å². The first kappa shape index (κ1) is 12.7. The summed E-state index contributed by atoms with van der Waals surface area (Å²) in [4.78, 5) is 22.2. The first-order valence-corrected chi connectivity index (χ1v) is 6.68. The number of hydrogen-bond donors (Lipinski definition) is 1. The quantitative estimate of drug-likeness (QED) is 0.891. The molecule has 1 amide bonds. The van der Waals surface area contributed by atoms with Crippen LogP contribution >= 0.6 is 0 Å². The first-order valence-electron chi connectivity index (χ1n) is 6.68. The molecular formula is C15H16N4O. The second-order valence-electron chi connectivity index (χ2n) is 4.76. The standard InChI is InChI=1S/C15H16N4O/c20-15(13-10-16-6-7-17-13)19-9-8-18-14(11-19)12-4-2-1-3-5-12/h1-7,10,14,18H,8-9,11H2. The second-order valence-corrected chi connectivity index (χ2v) is 4.76. The third-order valence-electron chi connectivity index (χ3n) is 3.45. The molecule has 1 atom stereocenters. The fraction of sp³-hybridized carbons (Fsp3) is 0.267. The SMILES string of the molecule is O=C(c1cnccn1)N1CCNC(c2ccccc2)C1. The average molecular weight is 268 g/mol. The van der Waals surface area contributed by atoms with Gasteiger partial charge in [-0.15, -0.1) is 0 Å². The van der Waals surface area contributed by atoms with Crippen molar-refractivity contribution in [2.24, 2.45) is 0 Å². The van der Waals surface area contributed by atoms with E-state index in [0.29, 0.717) is 18.8 Å². The Morgan fingerprint density at radius 2 is 2.10 bits per heavy atom.